The highest BCUT2D eigenvalue weighted by molar-refractivity contribution is 9.10. The molecular formula is C14H21BrN2O. The number of aryl methyl sites for hydroxylation is 1. The number of hydrogen-bond donors (Lipinski definition) is 1. The maximum atomic E-state index is 12.1. The zero-order chi connectivity index (χ0) is 13.2. The fourth-order valence-electron chi connectivity index (χ4n) is 2.89. The van der Waals surface area contributed by atoms with E-state index in [1.54, 1.807) is 0 Å². The molecule has 0 bridgehead atoms. The number of nitrogens with zero attached hydrogens (tertiary/aromatic N) is 1. The summed E-state index contributed by atoms with van der Waals surface area (Å²) in [6, 6.07) is 1.86. The van der Waals surface area contributed by atoms with Gasteiger partial charge in [0.15, 0.2) is 0 Å². The minimum atomic E-state index is 0.0305. The zero-order valence-corrected chi connectivity index (χ0v) is 12.7. The molecule has 3 nitrogen and oxygen atoms in total. The Morgan fingerprint density at radius 2 is 2.17 bits per heavy atom. The standard InChI is InChI=1S/C14H21BrN2O/c1-3-14(6-4-5-7-14)10-16-13(18)12-8-11(15)9-17(12)2/h8-9H,3-7,10H2,1-2H3,(H,16,18). The summed E-state index contributed by atoms with van der Waals surface area (Å²) >= 11 is 3.39. The molecule has 2 rings (SSSR count). The predicted molar refractivity (Wildman–Crippen MR) is 76.6 cm³/mol. The number of aromatic nitrogens is 1. The molecule has 18 heavy (non-hydrogen) atoms. The van der Waals surface area contributed by atoms with E-state index >= 15 is 0 Å². The van der Waals surface area contributed by atoms with E-state index in [1.165, 1.54) is 25.7 Å². The normalized spacial score (nSPS) is 17.9. The first-order valence-corrected chi connectivity index (χ1v) is 7.46. The molecular weight excluding hydrogens is 292 g/mol. The minimum absolute atomic E-state index is 0.0305. The quantitative estimate of drug-likeness (QED) is 0.907. The summed E-state index contributed by atoms with van der Waals surface area (Å²) in [4.78, 5) is 12.1. The first kappa shape index (κ1) is 13.7. The van der Waals surface area contributed by atoms with Crippen LogP contribution in [-0.2, 0) is 7.05 Å². The first-order valence-electron chi connectivity index (χ1n) is 6.66. The highest BCUT2D eigenvalue weighted by atomic mass is 79.9. The van der Waals surface area contributed by atoms with E-state index in [-0.39, 0.29) is 5.91 Å². The molecule has 1 aliphatic carbocycles. The molecule has 0 radical (unpaired) electrons. The predicted octanol–water partition coefficient (Wildman–Crippen LogP) is 3.49. The largest absolute Gasteiger partial charge is 0.350 e. The summed E-state index contributed by atoms with van der Waals surface area (Å²) in [5, 5.41) is 3.11. The third-order valence-electron chi connectivity index (χ3n) is 4.24. The van der Waals surface area contributed by atoms with Gasteiger partial charge in [-0.05, 0) is 46.7 Å². The molecule has 4 heteroatoms. The lowest BCUT2D eigenvalue weighted by atomic mass is 9.83. The molecule has 1 amide bonds. The molecule has 1 N–H and O–H groups in total. The van der Waals surface area contributed by atoms with Gasteiger partial charge in [0.2, 0.25) is 0 Å². The van der Waals surface area contributed by atoms with Crippen molar-refractivity contribution in [2.75, 3.05) is 6.54 Å². The van der Waals surface area contributed by atoms with Gasteiger partial charge in [-0.25, -0.2) is 0 Å². The Morgan fingerprint density at radius 1 is 1.50 bits per heavy atom. The van der Waals surface area contributed by atoms with Gasteiger partial charge in [0.1, 0.15) is 5.69 Å². The van der Waals surface area contributed by atoms with Gasteiger partial charge in [0, 0.05) is 24.3 Å². The average Bonchev–Trinajstić information content (AvgIpc) is 2.94. The highest BCUT2D eigenvalue weighted by Crippen LogP contribution is 2.40. The molecule has 1 aliphatic rings. The number of nitrogens with one attached hydrogen (secondary N) is 1. The maximum Gasteiger partial charge on any atom is 0.267 e. The summed E-state index contributed by atoms with van der Waals surface area (Å²) in [5.74, 6) is 0.0305. The van der Waals surface area contributed by atoms with E-state index in [2.05, 4.69) is 28.2 Å². The molecule has 1 heterocycles. The Morgan fingerprint density at radius 3 is 2.67 bits per heavy atom. The number of rotatable bonds is 4. The van der Waals surface area contributed by atoms with Gasteiger partial charge < -0.3 is 9.88 Å². The van der Waals surface area contributed by atoms with Crippen molar-refractivity contribution in [3.8, 4) is 0 Å². The summed E-state index contributed by atoms with van der Waals surface area (Å²) in [6.07, 6.45) is 8.17. The fraction of sp³-hybridized carbons (Fsp3) is 0.643. The molecule has 0 aromatic carbocycles. The number of halogens is 1. The Labute approximate surface area is 117 Å². The third-order valence-corrected chi connectivity index (χ3v) is 4.68. The van der Waals surface area contributed by atoms with Crippen molar-refractivity contribution in [2.45, 2.75) is 39.0 Å². The van der Waals surface area contributed by atoms with Crippen molar-refractivity contribution in [3.05, 3.63) is 22.4 Å². The zero-order valence-electron chi connectivity index (χ0n) is 11.1. The fourth-order valence-corrected chi connectivity index (χ4v) is 3.41. The summed E-state index contributed by atoms with van der Waals surface area (Å²) in [6.45, 7) is 3.04. The van der Waals surface area contributed by atoms with Crippen molar-refractivity contribution in [1.29, 1.82) is 0 Å². The van der Waals surface area contributed by atoms with Gasteiger partial charge in [0.25, 0.3) is 5.91 Å². The number of hydrogen-bond acceptors (Lipinski definition) is 1. The second-order valence-electron chi connectivity index (χ2n) is 5.40. The second-order valence-corrected chi connectivity index (χ2v) is 6.31. The molecule has 0 saturated heterocycles. The first-order chi connectivity index (χ1) is 8.56. The van der Waals surface area contributed by atoms with Crippen molar-refractivity contribution in [3.63, 3.8) is 0 Å². The van der Waals surface area contributed by atoms with Crippen molar-refractivity contribution in [2.24, 2.45) is 12.5 Å². The van der Waals surface area contributed by atoms with Gasteiger partial charge in [-0.15, -0.1) is 0 Å². The topological polar surface area (TPSA) is 34.0 Å². The van der Waals surface area contributed by atoms with Gasteiger partial charge in [-0.1, -0.05) is 19.8 Å². The van der Waals surface area contributed by atoms with Crippen LogP contribution in [0.4, 0.5) is 0 Å². The molecule has 0 spiro atoms. The van der Waals surface area contributed by atoms with E-state index in [0.29, 0.717) is 11.1 Å². The van der Waals surface area contributed by atoms with Crippen LogP contribution >= 0.6 is 15.9 Å². The van der Waals surface area contributed by atoms with Gasteiger partial charge in [-0.3, -0.25) is 4.79 Å². The lowest BCUT2D eigenvalue weighted by Gasteiger charge is -2.27. The summed E-state index contributed by atoms with van der Waals surface area (Å²) < 4.78 is 2.80. The van der Waals surface area contributed by atoms with E-state index in [4.69, 9.17) is 0 Å². The van der Waals surface area contributed by atoms with Crippen LogP contribution in [0.15, 0.2) is 16.7 Å². The molecule has 0 unspecified atom stereocenters. The molecule has 100 valence electrons. The van der Waals surface area contributed by atoms with Gasteiger partial charge in [-0.2, -0.15) is 0 Å². The highest BCUT2D eigenvalue weighted by Gasteiger charge is 2.32. The van der Waals surface area contributed by atoms with Crippen LogP contribution in [0.1, 0.15) is 49.5 Å². The average molecular weight is 313 g/mol. The monoisotopic (exact) mass is 312 g/mol. The van der Waals surface area contributed by atoms with Crippen molar-refractivity contribution >= 4 is 21.8 Å². The summed E-state index contributed by atoms with van der Waals surface area (Å²) in [5.41, 5.74) is 1.06. The SMILES string of the molecule is CCC1(CNC(=O)c2cc(Br)cn2C)CCCC1. The van der Waals surface area contributed by atoms with E-state index in [9.17, 15) is 4.79 Å². The van der Waals surface area contributed by atoms with E-state index in [1.807, 2.05) is 23.9 Å². The second kappa shape index (κ2) is 5.47. The minimum Gasteiger partial charge on any atom is -0.350 e. The Bertz CT molecular complexity index is 433. The van der Waals surface area contributed by atoms with Crippen molar-refractivity contribution in [1.82, 2.24) is 9.88 Å². The molecule has 0 atom stereocenters. The van der Waals surface area contributed by atoms with Crippen LogP contribution in [0.2, 0.25) is 0 Å². The maximum absolute atomic E-state index is 12.1. The van der Waals surface area contributed by atoms with E-state index < -0.39 is 0 Å². The van der Waals surface area contributed by atoms with E-state index in [0.717, 1.165) is 17.4 Å². The number of carbonyl (C=O) groups is 1. The van der Waals surface area contributed by atoms with Gasteiger partial charge in [0.05, 0.1) is 0 Å². The van der Waals surface area contributed by atoms with Crippen LogP contribution in [0.5, 0.6) is 0 Å². The van der Waals surface area contributed by atoms with Crippen LogP contribution in [0.25, 0.3) is 0 Å². The molecule has 1 aromatic heterocycles. The van der Waals surface area contributed by atoms with Crippen LogP contribution in [0.3, 0.4) is 0 Å². The summed E-state index contributed by atoms with van der Waals surface area (Å²) in [7, 11) is 1.89. The number of amides is 1. The molecule has 1 aromatic rings. The Hall–Kier alpha value is -0.770. The lowest BCUT2D eigenvalue weighted by Crippen LogP contribution is -2.36. The van der Waals surface area contributed by atoms with Gasteiger partial charge >= 0.3 is 0 Å². The van der Waals surface area contributed by atoms with Crippen LogP contribution in [-0.4, -0.2) is 17.0 Å². The lowest BCUT2D eigenvalue weighted by molar-refractivity contribution is 0.0920. The Balaban J connectivity index is 1.98. The Kier molecular flexibility index (Phi) is 4.15. The van der Waals surface area contributed by atoms with Crippen molar-refractivity contribution < 1.29 is 4.79 Å². The molecule has 1 saturated carbocycles. The van der Waals surface area contributed by atoms with Crippen LogP contribution in [0, 0.1) is 5.41 Å². The smallest absolute Gasteiger partial charge is 0.267 e. The third kappa shape index (κ3) is 2.79. The van der Waals surface area contributed by atoms with Crippen LogP contribution < -0.4 is 5.32 Å². The molecule has 0 aliphatic heterocycles. The number of carbonyl (C=O) groups excluding carboxylic acids is 1. The molecule has 1 fully saturated rings.